The zero-order valence-corrected chi connectivity index (χ0v) is 10.8. The lowest BCUT2D eigenvalue weighted by atomic mass is 9.85. The molecule has 1 rings (SSSR count). The molecule has 94 valence electrons. The normalized spacial score (nSPS) is 24.2. The van der Waals surface area contributed by atoms with Crippen LogP contribution in [0.3, 0.4) is 0 Å². The third-order valence-corrected chi connectivity index (χ3v) is 2.78. The van der Waals surface area contributed by atoms with Crippen molar-refractivity contribution in [2.45, 2.75) is 39.2 Å². The molecule has 1 heterocycles. The standard InChI is InChI=1S/C13H20N2O2/c1-5-6-13(9-14)7-8-15(10-13)11(16)17-12(2,3)4/h5H,1,6-8,10H2,2-4H3/t13-/m0/s1. The molecule has 1 amide bonds. The summed E-state index contributed by atoms with van der Waals surface area (Å²) < 4.78 is 5.29. The first-order valence-corrected chi connectivity index (χ1v) is 5.82. The first-order valence-electron chi connectivity index (χ1n) is 5.82. The summed E-state index contributed by atoms with van der Waals surface area (Å²) in [5.41, 5.74) is -0.966. The van der Waals surface area contributed by atoms with Crippen LogP contribution < -0.4 is 0 Å². The van der Waals surface area contributed by atoms with Gasteiger partial charge in [-0.2, -0.15) is 5.26 Å². The van der Waals surface area contributed by atoms with Gasteiger partial charge < -0.3 is 9.64 Å². The molecule has 0 bridgehead atoms. The number of nitrogens with zero attached hydrogens (tertiary/aromatic N) is 2. The maximum absolute atomic E-state index is 11.8. The van der Waals surface area contributed by atoms with E-state index in [0.29, 0.717) is 25.9 Å². The van der Waals surface area contributed by atoms with Crippen LogP contribution in [-0.2, 0) is 4.74 Å². The second-order valence-electron chi connectivity index (χ2n) is 5.54. The molecule has 17 heavy (non-hydrogen) atoms. The molecule has 4 nitrogen and oxygen atoms in total. The second kappa shape index (κ2) is 4.79. The molecule has 0 spiro atoms. The zero-order valence-electron chi connectivity index (χ0n) is 10.8. The lowest BCUT2D eigenvalue weighted by Gasteiger charge is -2.25. The highest BCUT2D eigenvalue weighted by atomic mass is 16.6. The molecule has 1 aliphatic heterocycles. The third-order valence-electron chi connectivity index (χ3n) is 2.78. The van der Waals surface area contributed by atoms with Crippen molar-refractivity contribution < 1.29 is 9.53 Å². The molecule has 0 saturated carbocycles. The maximum Gasteiger partial charge on any atom is 0.410 e. The molecule has 0 aromatic heterocycles. The summed E-state index contributed by atoms with van der Waals surface area (Å²) in [6, 6.07) is 2.31. The lowest BCUT2D eigenvalue weighted by molar-refractivity contribution is 0.0281. The topological polar surface area (TPSA) is 53.3 Å². The van der Waals surface area contributed by atoms with Crippen molar-refractivity contribution in [2.24, 2.45) is 5.41 Å². The first-order chi connectivity index (χ1) is 7.82. The largest absolute Gasteiger partial charge is 0.444 e. The van der Waals surface area contributed by atoms with Gasteiger partial charge >= 0.3 is 6.09 Å². The second-order valence-corrected chi connectivity index (χ2v) is 5.54. The highest BCUT2D eigenvalue weighted by Crippen LogP contribution is 2.34. The Hall–Kier alpha value is -1.50. The number of carbonyl (C=O) groups excluding carboxylic acids is 1. The fourth-order valence-electron chi connectivity index (χ4n) is 1.93. The SMILES string of the molecule is C=CC[C@@]1(C#N)CCN(C(=O)OC(C)(C)C)C1. The molecule has 0 aliphatic carbocycles. The van der Waals surface area contributed by atoms with Crippen LogP contribution in [-0.4, -0.2) is 29.7 Å². The van der Waals surface area contributed by atoms with Gasteiger partial charge in [0, 0.05) is 13.1 Å². The summed E-state index contributed by atoms with van der Waals surface area (Å²) in [7, 11) is 0. The van der Waals surface area contributed by atoms with E-state index in [9.17, 15) is 10.1 Å². The van der Waals surface area contributed by atoms with Gasteiger partial charge in [-0.15, -0.1) is 6.58 Å². The van der Waals surface area contributed by atoms with Crippen LogP contribution in [0.25, 0.3) is 0 Å². The van der Waals surface area contributed by atoms with Crippen LogP contribution in [0.2, 0.25) is 0 Å². The summed E-state index contributed by atoms with van der Waals surface area (Å²) in [6.45, 7) is 10.2. The Morgan fingerprint density at radius 2 is 2.29 bits per heavy atom. The maximum atomic E-state index is 11.8. The number of hydrogen-bond acceptors (Lipinski definition) is 3. The predicted molar refractivity (Wildman–Crippen MR) is 65.3 cm³/mol. The van der Waals surface area contributed by atoms with E-state index >= 15 is 0 Å². The average molecular weight is 236 g/mol. The van der Waals surface area contributed by atoms with Crippen LogP contribution in [0.4, 0.5) is 4.79 Å². The fraction of sp³-hybridized carbons (Fsp3) is 0.692. The van der Waals surface area contributed by atoms with Gasteiger partial charge in [0.1, 0.15) is 5.60 Å². The van der Waals surface area contributed by atoms with Crippen molar-refractivity contribution in [3.8, 4) is 6.07 Å². The summed E-state index contributed by atoms with van der Waals surface area (Å²) in [5, 5.41) is 9.20. The minimum absolute atomic E-state index is 0.335. The average Bonchev–Trinajstić information content (AvgIpc) is 2.61. The van der Waals surface area contributed by atoms with E-state index in [1.165, 1.54) is 0 Å². The van der Waals surface area contributed by atoms with Crippen molar-refractivity contribution in [2.75, 3.05) is 13.1 Å². The Morgan fingerprint density at radius 1 is 1.65 bits per heavy atom. The lowest BCUT2D eigenvalue weighted by Crippen LogP contribution is -2.36. The van der Waals surface area contributed by atoms with Crippen LogP contribution in [0.15, 0.2) is 12.7 Å². The summed E-state index contributed by atoms with van der Waals surface area (Å²) in [6.07, 6.45) is 2.71. The van der Waals surface area contributed by atoms with Crippen molar-refractivity contribution >= 4 is 6.09 Å². The molecule has 1 fully saturated rings. The van der Waals surface area contributed by atoms with Gasteiger partial charge in [-0.1, -0.05) is 6.08 Å². The van der Waals surface area contributed by atoms with E-state index < -0.39 is 11.0 Å². The highest BCUT2D eigenvalue weighted by Gasteiger charge is 2.40. The Morgan fingerprint density at radius 3 is 2.76 bits per heavy atom. The van der Waals surface area contributed by atoms with Crippen LogP contribution in [0.1, 0.15) is 33.6 Å². The molecule has 0 N–H and O–H groups in total. The number of nitriles is 1. The molecule has 4 heteroatoms. The van der Waals surface area contributed by atoms with Gasteiger partial charge in [0.2, 0.25) is 0 Å². The first kappa shape index (κ1) is 13.6. The van der Waals surface area contributed by atoms with Gasteiger partial charge in [-0.3, -0.25) is 0 Å². The predicted octanol–water partition coefficient (Wildman–Crippen LogP) is 2.71. The molecular formula is C13H20N2O2. The Kier molecular flexibility index (Phi) is 3.82. The molecule has 0 aromatic rings. The Bertz CT molecular complexity index is 351. The molecule has 0 unspecified atom stereocenters. The Labute approximate surface area is 103 Å². The molecule has 0 radical (unpaired) electrons. The van der Waals surface area contributed by atoms with Gasteiger partial charge in [-0.25, -0.2) is 4.79 Å². The Balaban J connectivity index is 2.64. The molecule has 1 atom stereocenters. The number of ether oxygens (including phenoxy) is 1. The number of rotatable bonds is 2. The van der Waals surface area contributed by atoms with Gasteiger partial charge in [0.15, 0.2) is 0 Å². The molecule has 1 aliphatic rings. The zero-order chi connectivity index (χ0) is 13.1. The van der Waals surface area contributed by atoms with Gasteiger partial charge in [-0.05, 0) is 33.6 Å². The summed E-state index contributed by atoms with van der Waals surface area (Å²) in [5.74, 6) is 0. The quantitative estimate of drug-likeness (QED) is 0.693. The van der Waals surface area contributed by atoms with E-state index in [1.807, 2.05) is 20.8 Å². The monoisotopic (exact) mass is 236 g/mol. The summed E-state index contributed by atoms with van der Waals surface area (Å²) >= 11 is 0. The number of likely N-dealkylation sites (tertiary alicyclic amines) is 1. The van der Waals surface area contributed by atoms with Crippen LogP contribution in [0, 0.1) is 16.7 Å². The van der Waals surface area contributed by atoms with Crippen molar-refractivity contribution in [1.82, 2.24) is 4.90 Å². The van der Waals surface area contributed by atoms with Gasteiger partial charge in [0.25, 0.3) is 0 Å². The molecule has 0 aromatic carbocycles. The fourth-order valence-corrected chi connectivity index (χ4v) is 1.93. The van der Waals surface area contributed by atoms with E-state index in [-0.39, 0.29) is 6.09 Å². The minimum atomic E-state index is -0.493. The number of hydrogen-bond donors (Lipinski definition) is 0. The van der Waals surface area contributed by atoms with Crippen molar-refractivity contribution in [3.63, 3.8) is 0 Å². The smallest absolute Gasteiger partial charge is 0.410 e. The van der Waals surface area contributed by atoms with Crippen molar-refractivity contribution in [3.05, 3.63) is 12.7 Å². The van der Waals surface area contributed by atoms with Crippen LogP contribution in [0.5, 0.6) is 0 Å². The number of amides is 1. The van der Waals surface area contributed by atoms with E-state index in [1.54, 1.807) is 11.0 Å². The third kappa shape index (κ3) is 3.48. The van der Waals surface area contributed by atoms with Gasteiger partial charge in [0.05, 0.1) is 11.5 Å². The number of carbonyl (C=O) groups is 1. The minimum Gasteiger partial charge on any atom is -0.444 e. The van der Waals surface area contributed by atoms with E-state index in [2.05, 4.69) is 12.6 Å². The number of allylic oxidation sites excluding steroid dienone is 1. The van der Waals surface area contributed by atoms with E-state index in [4.69, 9.17) is 4.74 Å². The van der Waals surface area contributed by atoms with Crippen molar-refractivity contribution in [1.29, 1.82) is 5.26 Å². The van der Waals surface area contributed by atoms with Crippen LogP contribution >= 0.6 is 0 Å². The summed E-state index contributed by atoms with van der Waals surface area (Å²) in [4.78, 5) is 13.4. The van der Waals surface area contributed by atoms with E-state index in [0.717, 1.165) is 0 Å². The molecule has 1 saturated heterocycles. The highest BCUT2D eigenvalue weighted by molar-refractivity contribution is 5.68. The molecular weight excluding hydrogens is 216 g/mol.